The first kappa shape index (κ1) is 18.3. The Bertz CT molecular complexity index is 753. The first-order chi connectivity index (χ1) is 12.6. The number of hydrogen-bond acceptors (Lipinski definition) is 6. The first-order valence-corrected chi connectivity index (χ1v) is 9.33. The average Bonchev–Trinajstić information content (AvgIpc) is 3.31. The molecule has 1 aromatic heterocycles. The Balaban J connectivity index is 1.50. The monoisotopic (exact) mass is 376 g/mol. The number of amides is 1. The molecule has 2 heterocycles. The lowest BCUT2D eigenvalue weighted by molar-refractivity contribution is -0.137. The van der Waals surface area contributed by atoms with Crippen molar-refractivity contribution in [2.24, 2.45) is 0 Å². The molecule has 7 nitrogen and oxygen atoms in total. The molecule has 1 atom stereocenters. The van der Waals surface area contributed by atoms with Crippen LogP contribution >= 0.6 is 11.3 Å². The first-order valence-electron chi connectivity index (χ1n) is 8.45. The van der Waals surface area contributed by atoms with E-state index in [2.05, 4.69) is 10.3 Å². The number of aliphatic carboxylic acids is 1. The van der Waals surface area contributed by atoms with Gasteiger partial charge in [0, 0.05) is 24.1 Å². The van der Waals surface area contributed by atoms with Crippen LogP contribution in [0.1, 0.15) is 47.3 Å². The third-order valence-electron chi connectivity index (χ3n) is 3.88. The van der Waals surface area contributed by atoms with Crippen molar-refractivity contribution >= 4 is 28.9 Å². The van der Waals surface area contributed by atoms with Gasteiger partial charge in [0.15, 0.2) is 0 Å². The predicted molar refractivity (Wildman–Crippen MR) is 96.8 cm³/mol. The summed E-state index contributed by atoms with van der Waals surface area (Å²) in [7, 11) is 0. The van der Waals surface area contributed by atoms with Crippen LogP contribution < -0.4 is 10.1 Å². The van der Waals surface area contributed by atoms with Crippen molar-refractivity contribution in [3.05, 3.63) is 40.3 Å². The minimum Gasteiger partial charge on any atom is -0.494 e. The number of anilines is 1. The summed E-state index contributed by atoms with van der Waals surface area (Å²) in [6.07, 6.45) is 2.51. The SMILES string of the molecule is O=C(O)CCCOc1ccc(NC(=O)c2csc(C3CCCO3)n2)cc1. The summed E-state index contributed by atoms with van der Waals surface area (Å²) in [4.78, 5) is 27.1. The van der Waals surface area contributed by atoms with Gasteiger partial charge in [0.2, 0.25) is 0 Å². The molecule has 0 bridgehead atoms. The number of nitrogens with one attached hydrogen (secondary N) is 1. The molecule has 0 saturated carbocycles. The van der Waals surface area contributed by atoms with Crippen molar-refractivity contribution in [2.75, 3.05) is 18.5 Å². The number of carbonyl (C=O) groups is 2. The Labute approximate surface area is 155 Å². The molecule has 1 aliphatic rings. The molecule has 0 radical (unpaired) electrons. The third-order valence-corrected chi connectivity index (χ3v) is 4.81. The van der Waals surface area contributed by atoms with Crippen LogP contribution in [0.3, 0.4) is 0 Å². The number of carboxylic acid groups (broad SMARTS) is 1. The molecule has 0 aliphatic carbocycles. The number of thiazole rings is 1. The van der Waals surface area contributed by atoms with Gasteiger partial charge in [-0.2, -0.15) is 0 Å². The second-order valence-electron chi connectivity index (χ2n) is 5.90. The van der Waals surface area contributed by atoms with Gasteiger partial charge in [0.25, 0.3) is 5.91 Å². The number of carboxylic acids is 1. The minimum absolute atomic E-state index is 0.0131. The van der Waals surface area contributed by atoms with Crippen LogP contribution in [0.4, 0.5) is 5.69 Å². The van der Waals surface area contributed by atoms with E-state index in [9.17, 15) is 9.59 Å². The average molecular weight is 376 g/mol. The Kier molecular flexibility index (Phi) is 6.19. The van der Waals surface area contributed by atoms with E-state index in [-0.39, 0.29) is 18.4 Å². The maximum absolute atomic E-state index is 12.3. The van der Waals surface area contributed by atoms with E-state index in [1.54, 1.807) is 29.6 Å². The zero-order valence-corrected chi connectivity index (χ0v) is 15.0. The largest absolute Gasteiger partial charge is 0.494 e. The maximum atomic E-state index is 12.3. The van der Waals surface area contributed by atoms with Crippen LogP contribution in [-0.2, 0) is 9.53 Å². The number of aromatic nitrogens is 1. The van der Waals surface area contributed by atoms with E-state index < -0.39 is 5.97 Å². The normalized spacial score (nSPS) is 16.4. The van der Waals surface area contributed by atoms with Crippen LogP contribution in [0.5, 0.6) is 5.75 Å². The summed E-state index contributed by atoms with van der Waals surface area (Å²) in [5.74, 6) is -0.473. The molecule has 8 heteroatoms. The second kappa shape index (κ2) is 8.77. The fourth-order valence-corrected chi connectivity index (χ4v) is 3.44. The molecule has 1 unspecified atom stereocenters. The van der Waals surface area contributed by atoms with E-state index in [1.807, 2.05) is 0 Å². The lowest BCUT2D eigenvalue weighted by Gasteiger charge is -2.07. The predicted octanol–water partition coefficient (Wildman–Crippen LogP) is 3.49. The van der Waals surface area contributed by atoms with Crippen LogP contribution in [-0.4, -0.2) is 35.2 Å². The highest BCUT2D eigenvalue weighted by Gasteiger charge is 2.22. The van der Waals surface area contributed by atoms with Gasteiger partial charge in [-0.05, 0) is 43.5 Å². The summed E-state index contributed by atoms with van der Waals surface area (Å²) in [6.45, 7) is 1.08. The van der Waals surface area contributed by atoms with E-state index in [1.165, 1.54) is 11.3 Å². The second-order valence-corrected chi connectivity index (χ2v) is 6.79. The van der Waals surface area contributed by atoms with Gasteiger partial charge in [-0.25, -0.2) is 4.98 Å². The van der Waals surface area contributed by atoms with E-state index in [0.717, 1.165) is 24.5 Å². The molecular formula is C18H20N2O5S. The fraction of sp³-hybridized carbons (Fsp3) is 0.389. The topological polar surface area (TPSA) is 97.8 Å². The third kappa shape index (κ3) is 5.03. The molecule has 26 heavy (non-hydrogen) atoms. The summed E-state index contributed by atoms with van der Waals surface area (Å²) in [6, 6.07) is 6.93. The number of benzene rings is 1. The quantitative estimate of drug-likeness (QED) is 0.685. The van der Waals surface area contributed by atoms with Gasteiger partial charge in [-0.15, -0.1) is 11.3 Å². The van der Waals surface area contributed by atoms with Crippen molar-refractivity contribution in [1.82, 2.24) is 4.98 Å². The number of carbonyl (C=O) groups excluding carboxylic acids is 1. The van der Waals surface area contributed by atoms with E-state index >= 15 is 0 Å². The van der Waals surface area contributed by atoms with Crippen LogP contribution in [0.15, 0.2) is 29.6 Å². The Morgan fingerprint density at radius 1 is 1.35 bits per heavy atom. The molecular weight excluding hydrogens is 356 g/mol. The van der Waals surface area contributed by atoms with Gasteiger partial charge in [0.05, 0.1) is 6.61 Å². The van der Waals surface area contributed by atoms with Crippen molar-refractivity contribution in [2.45, 2.75) is 31.8 Å². The zero-order chi connectivity index (χ0) is 18.4. The summed E-state index contributed by atoms with van der Waals surface area (Å²) < 4.78 is 11.0. The standard InChI is InChI=1S/C18H20N2O5S/c21-16(22)4-2-9-24-13-7-5-12(6-8-13)19-17(23)14-11-26-18(20-14)15-3-1-10-25-15/h5-8,11,15H,1-4,9-10H2,(H,19,23)(H,21,22). The maximum Gasteiger partial charge on any atom is 0.303 e. The Morgan fingerprint density at radius 2 is 2.15 bits per heavy atom. The van der Waals surface area contributed by atoms with Gasteiger partial charge in [0.1, 0.15) is 22.6 Å². The van der Waals surface area contributed by atoms with Gasteiger partial charge >= 0.3 is 5.97 Å². The summed E-state index contributed by atoms with van der Waals surface area (Å²) in [5.41, 5.74) is 1.02. The summed E-state index contributed by atoms with van der Waals surface area (Å²) in [5, 5.41) is 14.0. The molecule has 3 rings (SSSR count). The molecule has 1 fully saturated rings. The molecule has 1 aromatic carbocycles. The molecule has 138 valence electrons. The lowest BCUT2D eigenvalue weighted by Crippen LogP contribution is -2.12. The number of hydrogen-bond donors (Lipinski definition) is 2. The van der Waals surface area contributed by atoms with Crippen molar-refractivity contribution in [3.8, 4) is 5.75 Å². The highest BCUT2D eigenvalue weighted by molar-refractivity contribution is 7.09. The smallest absolute Gasteiger partial charge is 0.303 e. The van der Waals surface area contributed by atoms with Gasteiger partial charge in [-0.1, -0.05) is 0 Å². The Hall–Kier alpha value is -2.45. The number of nitrogens with zero attached hydrogens (tertiary/aromatic N) is 1. The minimum atomic E-state index is -0.837. The highest BCUT2D eigenvalue weighted by atomic mass is 32.1. The molecule has 1 saturated heterocycles. The van der Waals surface area contributed by atoms with Crippen molar-refractivity contribution < 1.29 is 24.2 Å². The van der Waals surface area contributed by atoms with Crippen molar-refractivity contribution in [3.63, 3.8) is 0 Å². The molecule has 1 aliphatic heterocycles. The van der Waals surface area contributed by atoms with E-state index in [0.29, 0.717) is 30.2 Å². The number of ether oxygens (including phenoxy) is 2. The van der Waals surface area contributed by atoms with Crippen LogP contribution in [0.25, 0.3) is 0 Å². The molecule has 2 aromatic rings. The summed E-state index contributed by atoms with van der Waals surface area (Å²) >= 11 is 1.44. The highest BCUT2D eigenvalue weighted by Crippen LogP contribution is 2.30. The van der Waals surface area contributed by atoms with Gasteiger partial charge in [-0.3, -0.25) is 9.59 Å². The number of rotatable bonds is 8. The van der Waals surface area contributed by atoms with Crippen molar-refractivity contribution in [1.29, 1.82) is 0 Å². The molecule has 1 amide bonds. The van der Waals surface area contributed by atoms with Gasteiger partial charge < -0.3 is 19.9 Å². The van der Waals surface area contributed by atoms with E-state index in [4.69, 9.17) is 14.6 Å². The van der Waals surface area contributed by atoms with Crippen LogP contribution in [0.2, 0.25) is 0 Å². The molecule has 0 spiro atoms. The lowest BCUT2D eigenvalue weighted by atomic mass is 10.2. The molecule has 2 N–H and O–H groups in total. The van der Waals surface area contributed by atoms with Crippen LogP contribution in [0, 0.1) is 0 Å². The Morgan fingerprint density at radius 3 is 2.85 bits per heavy atom. The zero-order valence-electron chi connectivity index (χ0n) is 14.1. The fourth-order valence-electron chi connectivity index (χ4n) is 2.56.